The maximum Gasteiger partial charge on any atom is 0.293 e. The molecule has 2 N–H and O–H groups in total. The van der Waals surface area contributed by atoms with Gasteiger partial charge in [-0.15, -0.1) is 0 Å². The maximum absolute atomic E-state index is 11.8. The predicted octanol–water partition coefficient (Wildman–Crippen LogP) is 0.817. The number of nitrogens with zero attached hydrogens (tertiary/aromatic N) is 2. The smallest absolute Gasteiger partial charge is 0.293 e. The van der Waals surface area contributed by atoms with Gasteiger partial charge in [-0.1, -0.05) is 0 Å². The molecule has 0 spiro atoms. The van der Waals surface area contributed by atoms with E-state index in [9.17, 15) is 4.79 Å². The van der Waals surface area contributed by atoms with Crippen molar-refractivity contribution in [3.63, 3.8) is 0 Å². The molecule has 5 nitrogen and oxygen atoms in total. The summed E-state index contributed by atoms with van der Waals surface area (Å²) in [5.41, 5.74) is -0.0330. The van der Waals surface area contributed by atoms with E-state index in [1.165, 1.54) is 12.8 Å². The van der Waals surface area contributed by atoms with Crippen LogP contribution in [0.3, 0.4) is 0 Å². The molecule has 1 fully saturated rings. The summed E-state index contributed by atoms with van der Waals surface area (Å²) < 4.78 is 1.66. The van der Waals surface area contributed by atoms with Gasteiger partial charge in [-0.2, -0.15) is 0 Å². The van der Waals surface area contributed by atoms with Gasteiger partial charge in [-0.25, -0.2) is 4.98 Å². The van der Waals surface area contributed by atoms with E-state index >= 15 is 0 Å². The van der Waals surface area contributed by atoms with Gasteiger partial charge in [-0.05, 0) is 32.7 Å². The number of nitrogens with one attached hydrogen (secondary N) is 2. The zero-order valence-electron chi connectivity index (χ0n) is 10.3. The lowest BCUT2D eigenvalue weighted by Gasteiger charge is -2.11. The molecule has 0 aliphatic carbocycles. The summed E-state index contributed by atoms with van der Waals surface area (Å²) in [5, 5.41) is 6.57. The molecule has 0 saturated carbocycles. The fourth-order valence-electron chi connectivity index (χ4n) is 2.19. The molecule has 2 heterocycles. The molecule has 1 aromatic heterocycles. The van der Waals surface area contributed by atoms with E-state index in [2.05, 4.69) is 15.6 Å². The lowest BCUT2D eigenvalue weighted by Crippen LogP contribution is -2.27. The number of aryl methyl sites for hydroxylation is 1. The van der Waals surface area contributed by atoms with E-state index < -0.39 is 0 Å². The van der Waals surface area contributed by atoms with Crippen LogP contribution in [0.15, 0.2) is 17.2 Å². The Balaban J connectivity index is 1.88. The van der Waals surface area contributed by atoms with Crippen LogP contribution in [0.25, 0.3) is 0 Å². The number of anilines is 1. The second-order valence-corrected chi connectivity index (χ2v) is 4.38. The van der Waals surface area contributed by atoms with Crippen molar-refractivity contribution in [1.29, 1.82) is 0 Å². The van der Waals surface area contributed by atoms with Gasteiger partial charge in [0.2, 0.25) is 0 Å². The van der Waals surface area contributed by atoms with Gasteiger partial charge in [0.15, 0.2) is 5.82 Å². The molecule has 0 aromatic carbocycles. The Labute approximate surface area is 101 Å². The Kier molecular flexibility index (Phi) is 4.14. The highest BCUT2D eigenvalue weighted by Gasteiger charge is 2.13. The lowest BCUT2D eigenvalue weighted by molar-refractivity contribution is 0.573. The van der Waals surface area contributed by atoms with E-state index in [0.29, 0.717) is 18.4 Å². The molecule has 17 heavy (non-hydrogen) atoms. The van der Waals surface area contributed by atoms with Crippen molar-refractivity contribution in [2.24, 2.45) is 0 Å². The highest BCUT2D eigenvalue weighted by Crippen LogP contribution is 2.08. The van der Waals surface area contributed by atoms with Crippen LogP contribution in [0.2, 0.25) is 0 Å². The van der Waals surface area contributed by atoms with E-state index in [1.54, 1.807) is 17.0 Å². The minimum absolute atomic E-state index is 0.0330. The molecule has 0 radical (unpaired) electrons. The molecular formula is C12H20N4O. The third-order valence-electron chi connectivity index (χ3n) is 3.20. The first-order valence-electron chi connectivity index (χ1n) is 6.34. The number of aromatic nitrogens is 2. The molecular weight excluding hydrogens is 216 g/mol. The normalized spacial score (nSPS) is 19.5. The van der Waals surface area contributed by atoms with Gasteiger partial charge < -0.3 is 15.2 Å². The van der Waals surface area contributed by atoms with Crippen molar-refractivity contribution >= 4 is 5.82 Å². The SMILES string of the molecule is CCn1ccnc(NCCC2CCCN2)c1=O. The van der Waals surface area contributed by atoms with Gasteiger partial charge in [-0.3, -0.25) is 4.79 Å². The first kappa shape index (κ1) is 12.1. The maximum atomic E-state index is 11.8. The molecule has 1 saturated heterocycles. The van der Waals surface area contributed by atoms with Crippen LogP contribution in [-0.4, -0.2) is 28.7 Å². The fraction of sp³-hybridized carbons (Fsp3) is 0.667. The van der Waals surface area contributed by atoms with Crippen molar-refractivity contribution in [2.45, 2.75) is 38.8 Å². The van der Waals surface area contributed by atoms with Crippen LogP contribution in [0.5, 0.6) is 0 Å². The molecule has 94 valence electrons. The zero-order valence-corrected chi connectivity index (χ0v) is 10.3. The number of hydrogen-bond acceptors (Lipinski definition) is 4. The summed E-state index contributed by atoms with van der Waals surface area (Å²) in [5.74, 6) is 0.465. The van der Waals surface area contributed by atoms with Crippen LogP contribution in [0, 0.1) is 0 Å². The highest BCUT2D eigenvalue weighted by molar-refractivity contribution is 5.30. The molecule has 5 heteroatoms. The molecule has 1 aromatic rings. The van der Waals surface area contributed by atoms with E-state index in [-0.39, 0.29) is 5.56 Å². The summed E-state index contributed by atoms with van der Waals surface area (Å²) in [6.07, 6.45) is 6.93. The second kappa shape index (κ2) is 5.82. The Morgan fingerprint density at radius 3 is 3.24 bits per heavy atom. The van der Waals surface area contributed by atoms with Gasteiger partial charge in [0, 0.05) is 31.5 Å². The summed E-state index contributed by atoms with van der Waals surface area (Å²) in [6.45, 7) is 4.55. The van der Waals surface area contributed by atoms with Gasteiger partial charge in [0.05, 0.1) is 0 Å². The predicted molar refractivity (Wildman–Crippen MR) is 68.3 cm³/mol. The molecule has 1 aliphatic rings. The molecule has 0 amide bonds. The Bertz CT molecular complexity index is 409. The van der Waals surface area contributed by atoms with Crippen LogP contribution in [-0.2, 0) is 6.54 Å². The molecule has 1 atom stereocenters. The zero-order chi connectivity index (χ0) is 12.1. The Morgan fingerprint density at radius 2 is 2.53 bits per heavy atom. The lowest BCUT2D eigenvalue weighted by atomic mass is 10.1. The van der Waals surface area contributed by atoms with Crippen molar-refractivity contribution in [1.82, 2.24) is 14.9 Å². The first-order valence-corrected chi connectivity index (χ1v) is 6.34. The van der Waals surface area contributed by atoms with Gasteiger partial charge >= 0.3 is 0 Å². The summed E-state index contributed by atoms with van der Waals surface area (Å²) in [6, 6.07) is 0.597. The molecule has 1 aliphatic heterocycles. The highest BCUT2D eigenvalue weighted by atomic mass is 16.1. The third-order valence-corrected chi connectivity index (χ3v) is 3.20. The van der Waals surface area contributed by atoms with Crippen molar-refractivity contribution in [3.05, 3.63) is 22.7 Å². The minimum Gasteiger partial charge on any atom is -0.365 e. The minimum atomic E-state index is -0.0330. The average molecular weight is 236 g/mol. The van der Waals surface area contributed by atoms with Crippen LogP contribution < -0.4 is 16.2 Å². The summed E-state index contributed by atoms with van der Waals surface area (Å²) in [7, 11) is 0. The monoisotopic (exact) mass is 236 g/mol. The van der Waals surface area contributed by atoms with Crippen molar-refractivity contribution < 1.29 is 0 Å². The standard InChI is InChI=1S/C12H20N4O/c1-2-16-9-8-15-11(12(16)17)14-7-5-10-4-3-6-13-10/h8-10,13H,2-7H2,1H3,(H,14,15). The topological polar surface area (TPSA) is 59.0 Å². The van der Waals surface area contributed by atoms with E-state index in [1.807, 2.05) is 6.92 Å². The number of rotatable bonds is 5. The summed E-state index contributed by atoms with van der Waals surface area (Å²) in [4.78, 5) is 15.9. The van der Waals surface area contributed by atoms with Crippen LogP contribution in [0.4, 0.5) is 5.82 Å². The first-order chi connectivity index (χ1) is 8.31. The molecule has 1 unspecified atom stereocenters. The quantitative estimate of drug-likeness (QED) is 0.794. The van der Waals surface area contributed by atoms with Crippen LogP contribution in [0.1, 0.15) is 26.2 Å². The summed E-state index contributed by atoms with van der Waals surface area (Å²) >= 11 is 0. The van der Waals surface area contributed by atoms with Gasteiger partial charge in [0.1, 0.15) is 0 Å². The fourth-order valence-corrected chi connectivity index (χ4v) is 2.19. The Morgan fingerprint density at radius 1 is 1.65 bits per heavy atom. The third kappa shape index (κ3) is 3.06. The second-order valence-electron chi connectivity index (χ2n) is 4.38. The van der Waals surface area contributed by atoms with E-state index in [4.69, 9.17) is 0 Å². The van der Waals surface area contributed by atoms with Crippen molar-refractivity contribution in [2.75, 3.05) is 18.4 Å². The van der Waals surface area contributed by atoms with Crippen LogP contribution >= 0.6 is 0 Å². The van der Waals surface area contributed by atoms with E-state index in [0.717, 1.165) is 19.5 Å². The number of hydrogen-bond donors (Lipinski definition) is 2. The molecule has 2 rings (SSSR count). The Hall–Kier alpha value is -1.36. The van der Waals surface area contributed by atoms with Crippen molar-refractivity contribution in [3.8, 4) is 0 Å². The molecule has 0 bridgehead atoms. The van der Waals surface area contributed by atoms with Gasteiger partial charge in [0.25, 0.3) is 5.56 Å². The average Bonchev–Trinajstić information content (AvgIpc) is 2.84. The largest absolute Gasteiger partial charge is 0.365 e.